The van der Waals surface area contributed by atoms with Crippen LogP contribution in [0.4, 0.5) is 29.3 Å². The summed E-state index contributed by atoms with van der Waals surface area (Å²) < 4.78 is 38.7. The van der Waals surface area contributed by atoms with E-state index in [2.05, 4.69) is 10.6 Å². The molecule has 2 amide bonds. The maximum absolute atomic E-state index is 12.9. The summed E-state index contributed by atoms with van der Waals surface area (Å²) in [6.07, 6.45) is -1.27. The molecule has 0 radical (unpaired) electrons. The Labute approximate surface area is 148 Å². The van der Waals surface area contributed by atoms with E-state index in [9.17, 15) is 18.0 Å². The smallest absolute Gasteiger partial charge is 0.308 e. The van der Waals surface area contributed by atoms with Crippen molar-refractivity contribution in [3.8, 4) is 0 Å². The largest absolute Gasteiger partial charge is 0.417 e. The second kappa shape index (κ2) is 6.96. The number of benzene rings is 2. The van der Waals surface area contributed by atoms with Gasteiger partial charge in [0.15, 0.2) is 0 Å². The van der Waals surface area contributed by atoms with Gasteiger partial charge in [0.05, 0.1) is 10.6 Å². The number of nitrogens with one attached hydrogen (secondary N) is 2. The third-order valence-electron chi connectivity index (χ3n) is 4.28. The molecule has 2 N–H and O–H groups in total. The Kier molecular flexibility index (Phi) is 4.90. The van der Waals surface area contributed by atoms with Gasteiger partial charge in [-0.25, -0.2) is 4.79 Å². The van der Waals surface area contributed by atoms with Crippen LogP contribution in [0.5, 0.6) is 0 Å². The molecular weight excluding hydrogens is 353 g/mol. The van der Waals surface area contributed by atoms with E-state index >= 15 is 0 Å². The van der Waals surface area contributed by atoms with Gasteiger partial charge < -0.3 is 10.6 Å². The molecule has 2 aromatic carbocycles. The highest BCUT2D eigenvalue weighted by Crippen LogP contribution is 2.40. The molecule has 1 saturated carbocycles. The van der Waals surface area contributed by atoms with Crippen LogP contribution in [0, 0.1) is 0 Å². The Morgan fingerprint density at radius 2 is 1.80 bits per heavy atom. The predicted octanol–water partition coefficient (Wildman–Crippen LogP) is 6.27. The standard InChI is InChI=1S/C18H16ClF3N2O/c19-15-9-8-12(10-14(15)18(20,21)22)23-17(25)24-16-7-2-1-6-13(16)11-4-3-5-11/h1-2,6-11H,3-5H2,(H2,23,24,25). The Bertz CT molecular complexity index is 788. The van der Waals surface area contributed by atoms with Crippen LogP contribution in [-0.2, 0) is 6.18 Å². The number of urea groups is 1. The average molecular weight is 369 g/mol. The lowest BCUT2D eigenvalue weighted by Gasteiger charge is -2.27. The zero-order valence-corrected chi connectivity index (χ0v) is 13.9. The topological polar surface area (TPSA) is 41.1 Å². The van der Waals surface area contributed by atoms with E-state index in [1.807, 2.05) is 18.2 Å². The van der Waals surface area contributed by atoms with Gasteiger partial charge in [-0.1, -0.05) is 36.2 Å². The van der Waals surface area contributed by atoms with Crippen LogP contribution in [-0.4, -0.2) is 6.03 Å². The minimum absolute atomic E-state index is 0.0235. The highest BCUT2D eigenvalue weighted by atomic mass is 35.5. The number of hydrogen-bond donors (Lipinski definition) is 2. The molecule has 25 heavy (non-hydrogen) atoms. The number of halogens is 4. The Hall–Kier alpha value is -2.21. The fraction of sp³-hybridized carbons (Fsp3) is 0.278. The first-order chi connectivity index (χ1) is 11.8. The van der Waals surface area contributed by atoms with Gasteiger partial charge in [-0.05, 0) is 48.6 Å². The van der Waals surface area contributed by atoms with Crippen molar-refractivity contribution in [2.75, 3.05) is 10.6 Å². The summed E-state index contributed by atoms with van der Waals surface area (Å²) in [6.45, 7) is 0. The summed E-state index contributed by atoms with van der Waals surface area (Å²) >= 11 is 5.58. The lowest BCUT2D eigenvalue weighted by atomic mass is 9.79. The molecule has 3 nitrogen and oxygen atoms in total. The van der Waals surface area contributed by atoms with Gasteiger partial charge in [-0.3, -0.25) is 0 Å². The highest BCUT2D eigenvalue weighted by Gasteiger charge is 2.33. The van der Waals surface area contributed by atoms with Crippen molar-refractivity contribution in [2.24, 2.45) is 0 Å². The van der Waals surface area contributed by atoms with Crippen LogP contribution >= 0.6 is 11.6 Å². The second-order valence-corrected chi connectivity index (χ2v) is 6.39. The molecule has 132 valence electrons. The predicted molar refractivity (Wildman–Crippen MR) is 92.1 cm³/mol. The fourth-order valence-electron chi connectivity index (χ4n) is 2.79. The molecule has 7 heteroatoms. The molecule has 1 aliphatic rings. The van der Waals surface area contributed by atoms with E-state index in [0.29, 0.717) is 11.6 Å². The van der Waals surface area contributed by atoms with Crippen LogP contribution in [0.3, 0.4) is 0 Å². The van der Waals surface area contributed by atoms with Gasteiger partial charge in [0, 0.05) is 11.4 Å². The zero-order valence-electron chi connectivity index (χ0n) is 13.2. The molecular formula is C18H16ClF3N2O. The summed E-state index contributed by atoms with van der Waals surface area (Å²) in [5, 5.41) is 4.73. The molecule has 0 spiro atoms. The second-order valence-electron chi connectivity index (χ2n) is 5.99. The Balaban J connectivity index is 1.74. The SMILES string of the molecule is O=C(Nc1ccc(Cl)c(C(F)(F)F)c1)Nc1ccccc1C1CCC1. The quantitative estimate of drug-likeness (QED) is 0.658. The first kappa shape index (κ1) is 17.6. The number of hydrogen-bond acceptors (Lipinski definition) is 1. The van der Waals surface area contributed by atoms with Gasteiger partial charge in [0.25, 0.3) is 0 Å². The maximum Gasteiger partial charge on any atom is 0.417 e. The van der Waals surface area contributed by atoms with Gasteiger partial charge >= 0.3 is 12.2 Å². The number of amides is 2. The van der Waals surface area contributed by atoms with E-state index < -0.39 is 22.8 Å². The van der Waals surface area contributed by atoms with Gasteiger partial charge in [-0.2, -0.15) is 13.2 Å². The van der Waals surface area contributed by atoms with Crippen LogP contribution in [0.15, 0.2) is 42.5 Å². The van der Waals surface area contributed by atoms with E-state index in [4.69, 9.17) is 11.6 Å². The highest BCUT2D eigenvalue weighted by molar-refractivity contribution is 6.31. The van der Waals surface area contributed by atoms with Crippen molar-refractivity contribution in [1.82, 2.24) is 0 Å². The fourth-order valence-corrected chi connectivity index (χ4v) is 3.02. The molecule has 0 heterocycles. The average Bonchev–Trinajstić information content (AvgIpc) is 2.48. The molecule has 1 aliphatic carbocycles. The van der Waals surface area contributed by atoms with Crippen molar-refractivity contribution < 1.29 is 18.0 Å². The summed E-state index contributed by atoms with van der Waals surface area (Å²) in [7, 11) is 0. The minimum atomic E-state index is -4.58. The van der Waals surface area contributed by atoms with Crippen molar-refractivity contribution >= 4 is 29.0 Å². The molecule has 2 aromatic rings. The van der Waals surface area contributed by atoms with Crippen molar-refractivity contribution in [1.29, 1.82) is 0 Å². The third-order valence-corrected chi connectivity index (χ3v) is 4.61. The van der Waals surface area contributed by atoms with E-state index in [0.717, 1.165) is 37.0 Å². The third kappa shape index (κ3) is 4.07. The summed E-state index contributed by atoms with van der Waals surface area (Å²) in [5.41, 5.74) is 0.767. The lowest BCUT2D eigenvalue weighted by molar-refractivity contribution is -0.137. The summed E-state index contributed by atoms with van der Waals surface area (Å²) in [6, 6.07) is 10.1. The number of alkyl halides is 3. The Morgan fingerprint density at radius 3 is 2.44 bits per heavy atom. The molecule has 0 bridgehead atoms. The zero-order chi connectivity index (χ0) is 18.0. The molecule has 0 saturated heterocycles. The van der Waals surface area contributed by atoms with E-state index in [1.54, 1.807) is 6.07 Å². The van der Waals surface area contributed by atoms with Crippen LogP contribution in [0.25, 0.3) is 0 Å². The number of carbonyl (C=O) groups is 1. The number of carbonyl (C=O) groups excluding carboxylic acids is 1. The van der Waals surface area contributed by atoms with Crippen LogP contribution in [0.1, 0.15) is 36.3 Å². The number of para-hydroxylation sites is 1. The molecule has 0 aromatic heterocycles. The number of anilines is 2. The van der Waals surface area contributed by atoms with Crippen LogP contribution < -0.4 is 10.6 Å². The molecule has 0 atom stereocenters. The first-order valence-electron chi connectivity index (χ1n) is 7.88. The van der Waals surface area contributed by atoms with Crippen molar-refractivity contribution in [2.45, 2.75) is 31.4 Å². The van der Waals surface area contributed by atoms with Crippen LogP contribution in [0.2, 0.25) is 5.02 Å². The van der Waals surface area contributed by atoms with Gasteiger partial charge in [-0.15, -0.1) is 0 Å². The number of rotatable bonds is 3. The van der Waals surface area contributed by atoms with E-state index in [1.165, 1.54) is 6.07 Å². The minimum Gasteiger partial charge on any atom is -0.308 e. The lowest BCUT2D eigenvalue weighted by Crippen LogP contribution is -2.22. The van der Waals surface area contributed by atoms with Gasteiger partial charge in [0.2, 0.25) is 0 Å². The normalized spacial score (nSPS) is 14.7. The first-order valence-corrected chi connectivity index (χ1v) is 8.26. The van der Waals surface area contributed by atoms with E-state index in [-0.39, 0.29) is 5.69 Å². The monoisotopic (exact) mass is 368 g/mol. The maximum atomic E-state index is 12.9. The molecule has 0 aliphatic heterocycles. The summed E-state index contributed by atoms with van der Waals surface area (Å²) in [5.74, 6) is 0.420. The summed E-state index contributed by atoms with van der Waals surface area (Å²) in [4.78, 5) is 12.2. The van der Waals surface area contributed by atoms with Crippen molar-refractivity contribution in [3.05, 3.63) is 58.6 Å². The molecule has 1 fully saturated rings. The van der Waals surface area contributed by atoms with Gasteiger partial charge in [0.1, 0.15) is 0 Å². The van der Waals surface area contributed by atoms with Crippen molar-refractivity contribution in [3.63, 3.8) is 0 Å². The molecule has 0 unspecified atom stereocenters. The Morgan fingerprint density at radius 1 is 1.08 bits per heavy atom. The molecule has 3 rings (SSSR count).